The van der Waals surface area contributed by atoms with Crippen LogP contribution in [0.4, 0.5) is 0 Å². The van der Waals surface area contributed by atoms with Crippen molar-refractivity contribution in [3.05, 3.63) is 35.4 Å². The van der Waals surface area contributed by atoms with Gasteiger partial charge in [0, 0.05) is 12.5 Å². The molecule has 1 aromatic rings. The summed E-state index contributed by atoms with van der Waals surface area (Å²) in [6.45, 7) is 2.18. The first-order valence-corrected chi connectivity index (χ1v) is 7.25. The molecule has 1 fully saturated rings. The maximum Gasteiger partial charge on any atom is 0.239 e. The van der Waals surface area contributed by atoms with Crippen LogP contribution in [0.5, 0.6) is 0 Å². The van der Waals surface area contributed by atoms with Crippen LogP contribution in [0.25, 0.3) is 0 Å². The van der Waals surface area contributed by atoms with Gasteiger partial charge in [0.25, 0.3) is 0 Å². The van der Waals surface area contributed by atoms with Gasteiger partial charge in [0.1, 0.15) is 0 Å². The van der Waals surface area contributed by atoms with Crippen molar-refractivity contribution in [3.8, 4) is 0 Å². The van der Waals surface area contributed by atoms with E-state index in [0.29, 0.717) is 12.5 Å². The lowest BCUT2D eigenvalue weighted by Crippen LogP contribution is -2.37. The monoisotopic (exact) mass is 274 g/mol. The predicted octanol–water partition coefficient (Wildman–Crippen LogP) is 1.71. The maximum absolute atomic E-state index is 11.6. The summed E-state index contributed by atoms with van der Waals surface area (Å²) < 4.78 is 0. The van der Waals surface area contributed by atoms with Crippen molar-refractivity contribution < 1.29 is 9.59 Å². The van der Waals surface area contributed by atoms with E-state index in [4.69, 9.17) is 0 Å². The van der Waals surface area contributed by atoms with Gasteiger partial charge in [-0.1, -0.05) is 24.3 Å². The molecule has 108 valence electrons. The predicted molar refractivity (Wildman–Crippen MR) is 78.3 cm³/mol. The molecule has 0 saturated heterocycles. The molecule has 0 unspecified atom stereocenters. The van der Waals surface area contributed by atoms with E-state index in [1.807, 2.05) is 12.1 Å². The SMILES string of the molecule is Cc1ccccc1CCCC(=O)NCC(=O)NC1CC1. The highest BCUT2D eigenvalue weighted by atomic mass is 16.2. The van der Waals surface area contributed by atoms with E-state index in [1.54, 1.807) is 0 Å². The molecule has 0 aromatic heterocycles. The van der Waals surface area contributed by atoms with Crippen LogP contribution in [0.15, 0.2) is 24.3 Å². The fraction of sp³-hybridized carbons (Fsp3) is 0.500. The summed E-state index contributed by atoms with van der Waals surface area (Å²) in [5.74, 6) is -0.135. The Morgan fingerprint density at radius 2 is 1.95 bits per heavy atom. The van der Waals surface area contributed by atoms with E-state index in [9.17, 15) is 9.59 Å². The molecule has 1 aromatic carbocycles. The molecule has 2 amide bonds. The molecular weight excluding hydrogens is 252 g/mol. The summed E-state index contributed by atoms with van der Waals surface area (Å²) in [4.78, 5) is 23.0. The fourth-order valence-corrected chi connectivity index (χ4v) is 2.10. The molecule has 4 nitrogen and oxygen atoms in total. The zero-order chi connectivity index (χ0) is 14.4. The van der Waals surface area contributed by atoms with Crippen LogP contribution in [0.1, 0.15) is 36.8 Å². The van der Waals surface area contributed by atoms with Crippen LogP contribution in [-0.4, -0.2) is 24.4 Å². The van der Waals surface area contributed by atoms with Gasteiger partial charge in [0.15, 0.2) is 0 Å². The Hall–Kier alpha value is -1.84. The van der Waals surface area contributed by atoms with E-state index in [0.717, 1.165) is 25.7 Å². The highest BCUT2D eigenvalue weighted by molar-refractivity contribution is 5.84. The van der Waals surface area contributed by atoms with Crippen LogP contribution < -0.4 is 10.6 Å². The van der Waals surface area contributed by atoms with E-state index in [1.165, 1.54) is 11.1 Å². The van der Waals surface area contributed by atoms with E-state index >= 15 is 0 Å². The quantitative estimate of drug-likeness (QED) is 0.795. The molecule has 0 spiro atoms. The third-order valence-corrected chi connectivity index (χ3v) is 3.50. The minimum atomic E-state index is -0.0836. The van der Waals surface area contributed by atoms with Crippen molar-refractivity contribution in [2.75, 3.05) is 6.54 Å². The first kappa shape index (κ1) is 14.6. The van der Waals surface area contributed by atoms with Gasteiger partial charge in [-0.2, -0.15) is 0 Å². The van der Waals surface area contributed by atoms with Gasteiger partial charge in [0.05, 0.1) is 6.54 Å². The van der Waals surface area contributed by atoms with Gasteiger partial charge >= 0.3 is 0 Å². The van der Waals surface area contributed by atoms with Crippen LogP contribution >= 0.6 is 0 Å². The second kappa shape index (κ2) is 7.08. The molecule has 1 aliphatic carbocycles. The lowest BCUT2D eigenvalue weighted by Gasteiger charge is -2.07. The fourth-order valence-electron chi connectivity index (χ4n) is 2.10. The Labute approximate surface area is 119 Å². The average Bonchev–Trinajstić information content (AvgIpc) is 3.22. The van der Waals surface area contributed by atoms with Crippen LogP contribution in [0.3, 0.4) is 0 Å². The molecule has 0 bridgehead atoms. The van der Waals surface area contributed by atoms with Crippen molar-refractivity contribution in [2.24, 2.45) is 0 Å². The Bertz CT molecular complexity index is 481. The molecule has 0 heterocycles. The van der Waals surface area contributed by atoms with E-state index in [-0.39, 0.29) is 18.4 Å². The Morgan fingerprint density at radius 3 is 2.65 bits per heavy atom. The molecule has 1 aliphatic rings. The first-order chi connectivity index (χ1) is 9.65. The van der Waals surface area contributed by atoms with Crippen LogP contribution in [0.2, 0.25) is 0 Å². The van der Waals surface area contributed by atoms with E-state index < -0.39 is 0 Å². The number of carbonyl (C=O) groups is 2. The van der Waals surface area contributed by atoms with Gasteiger partial charge in [-0.25, -0.2) is 0 Å². The number of benzene rings is 1. The lowest BCUT2D eigenvalue weighted by atomic mass is 10.0. The first-order valence-electron chi connectivity index (χ1n) is 7.25. The standard InChI is InChI=1S/C16H22N2O2/c1-12-5-2-3-6-13(12)7-4-8-15(19)17-11-16(20)18-14-9-10-14/h2-3,5-6,14H,4,7-11H2,1H3,(H,17,19)(H,18,20). The summed E-state index contributed by atoms with van der Waals surface area (Å²) in [6.07, 6.45) is 4.30. The van der Waals surface area contributed by atoms with Crippen LogP contribution in [-0.2, 0) is 16.0 Å². The van der Waals surface area contributed by atoms with Gasteiger partial charge < -0.3 is 10.6 Å². The third kappa shape index (κ3) is 5.03. The molecule has 1 saturated carbocycles. The smallest absolute Gasteiger partial charge is 0.239 e. The number of amides is 2. The summed E-state index contributed by atoms with van der Waals surface area (Å²) in [7, 11) is 0. The number of hydrogen-bond donors (Lipinski definition) is 2. The maximum atomic E-state index is 11.6. The highest BCUT2D eigenvalue weighted by Crippen LogP contribution is 2.18. The number of nitrogens with one attached hydrogen (secondary N) is 2. The lowest BCUT2D eigenvalue weighted by molar-refractivity contribution is -0.126. The van der Waals surface area contributed by atoms with Gasteiger partial charge in [0.2, 0.25) is 11.8 Å². The molecule has 2 N–H and O–H groups in total. The number of aryl methyl sites for hydroxylation is 2. The molecule has 0 radical (unpaired) electrons. The molecular formula is C16H22N2O2. The van der Waals surface area contributed by atoms with Crippen LogP contribution in [0, 0.1) is 6.92 Å². The Kier molecular flexibility index (Phi) is 5.16. The number of hydrogen-bond acceptors (Lipinski definition) is 2. The van der Waals surface area contributed by atoms with Gasteiger partial charge in [-0.05, 0) is 43.7 Å². The van der Waals surface area contributed by atoms with Crippen molar-refractivity contribution >= 4 is 11.8 Å². The highest BCUT2D eigenvalue weighted by Gasteiger charge is 2.23. The second-order valence-electron chi connectivity index (χ2n) is 5.40. The molecule has 20 heavy (non-hydrogen) atoms. The van der Waals surface area contributed by atoms with Crippen molar-refractivity contribution in [3.63, 3.8) is 0 Å². The van der Waals surface area contributed by atoms with E-state index in [2.05, 4.69) is 29.7 Å². The summed E-state index contributed by atoms with van der Waals surface area (Å²) in [5.41, 5.74) is 2.54. The Balaban J connectivity index is 1.60. The zero-order valence-electron chi connectivity index (χ0n) is 11.9. The molecule has 4 heteroatoms. The largest absolute Gasteiger partial charge is 0.352 e. The minimum Gasteiger partial charge on any atom is -0.352 e. The number of rotatable bonds is 7. The Morgan fingerprint density at radius 1 is 1.20 bits per heavy atom. The summed E-state index contributed by atoms with van der Waals surface area (Å²) in [6, 6.07) is 8.56. The number of carbonyl (C=O) groups excluding carboxylic acids is 2. The topological polar surface area (TPSA) is 58.2 Å². The van der Waals surface area contributed by atoms with Crippen molar-refractivity contribution in [1.82, 2.24) is 10.6 Å². The zero-order valence-corrected chi connectivity index (χ0v) is 11.9. The third-order valence-electron chi connectivity index (χ3n) is 3.50. The average molecular weight is 274 g/mol. The normalized spacial score (nSPS) is 13.8. The second-order valence-corrected chi connectivity index (χ2v) is 5.40. The van der Waals surface area contributed by atoms with Gasteiger partial charge in [-0.15, -0.1) is 0 Å². The summed E-state index contributed by atoms with van der Waals surface area (Å²) >= 11 is 0. The molecule has 2 rings (SSSR count). The van der Waals surface area contributed by atoms with Gasteiger partial charge in [-0.3, -0.25) is 9.59 Å². The molecule has 0 aliphatic heterocycles. The van der Waals surface area contributed by atoms with Crippen molar-refractivity contribution in [2.45, 2.75) is 45.1 Å². The summed E-state index contributed by atoms with van der Waals surface area (Å²) in [5, 5.41) is 5.51. The minimum absolute atomic E-state index is 0.0514. The molecule has 0 atom stereocenters. The van der Waals surface area contributed by atoms with Crippen molar-refractivity contribution in [1.29, 1.82) is 0 Å².